The Labute approximate surface area is 105 Å². The molecule has 0 aliphatic heterocycles. The fourth-order valence-corrected chi connectivity index (χ4v) is 2.95. The van der Waals surface area contributed by atoms with Gasteiger partial charge in [-0.2, -0.15) is 12.6 Å². The monoisotopic (exact) mass is 246 g/mol. The molecule has 0 saturated heterocycles. The van der Waals surface area contributed by atoms with Crippen LogP contribution in [0.25, 0.3) is 0 Å². The van der Waals surface area contributed by atoms with Crippen LogP contribution >= 0.6 is 12.6 Å². The highest BCUT2D eigenvalue weighted by molar-refractivity contribution is 7.80. The van der Waals surface area contributed by atoms with Crippen molar-refractivity contribution in [1.82, 2.24) is 0 Å². The molecule has 0 N–H and O–H groups in total. The lowest BCUT2D eigenvalue weighted by Crippen LogP contribution is -2.33. The standard InChI is InChI=1S/C13H26O2S/c1-11-8-12(10-13(2,3)9-11)15-5-4-14-6-7-16/h11-12,16H,4-10H2,1-3H3. The van der Waals surface area contributed by atoms with Crippen molar-refractivity contribution in [3.8, 4) is 0 Å². The fourth-order valence-electron chi connectivity index (χ4n) is 2.83. The molecule has 2 nitrogen and oxygen atoms in total. The van der Waals surface area contributed by atoms with E-state index < -0.39 is 0 Å². The molecular formula is C13H26O2S. The first-order valence-corrected chi connectivity index (χ1v) is 6.97. The molecule has 1 fully saturated rings. The maximum Gasteiger partial charge on any atom is 0.0704 e. The third-order valence-electron chi connectivity index (χ3n) is 3.16. The van der Waals surface area contributed by atoms with Gasteiger partial charge in [0, 0.05) is 5.75 Å². The van der Waals surface area contributed by atoms with E-state index in [-0.39, 0.29) is 0 Å². The maximum absolute atomic E-state index is 5.89. The first kappa shape index (κ1) is 14.3. The topological polar surface area (TPSA) is 18.5 Å². The van der Waals surface area contributed by atoms with Gasteiger partial charge in [0.2, 0.25) is 0 Å². The Morgan fingerprint density at radius 3 is 2.56 bits per heavy atom. The highest BCUT2D eigenvalue weighted by Gasteiger charge is 2.32. The van der Waals surface area contributed by atoms with Gasteiger partial charge >= 0.3 is 0 Å². The molecule has 0 heterocycles. The molecule has 1 rings (SSSR count). The van der Waals surface area contributed by atoms with E-state index in [1.807, 2.05) is 0 Å². The van der Waals surface area contributed by atoms with Gasteiger partial charge in [-0.25, -0.2) is 0 Å². The molecule has 3 heteroatoms. The van der Waals surface area contributed by atoms with Crippen LogP contribution in [0.15, 0.2) is 0 Å². The molecule has 1 aliphatic carbocycles. The van der Waals surface area contributed by atoms with Crippen LogP contribution in [0, 0.1) is 11.3 Å². The third kappa shape index (κ3) is 5.55. The van der Waals surface area contributed by atoms with Crippen LogP contribution in [0.2, 0.25) is 0 Å². The predicted molar refractivity (Wildman–Crippen MR) is 71.2 cm³/mol. The minimum absolute atomic E-state index is 0.429. The number of hydrogen-bond donors (Lipinski definition) is 1. The van der Waals surface area contributed by atoms with Crippen molar-refractivity contribution in [2.75, 3.05) is 25.6 Å². The van der Waals surface area contributed by atoms with Gasteiger partial charge < -0.3 is 9.47 Å². The summed E-state index contributed by atoms with van der Waals surface area (Å²) in [6.07, 6.45) is 4.14. The van der Waals surface area contributed by atoms with E-state index in [1.165, 1.54) is 19.3 Å². The SMILES string of the molecule is CC1CC(OCCOCCS)CC(C)(C)C1. The molecule has 2 atom stereocenters. The van der Waals surface area contributed by atoms with E-state index in [0.29, 0.717) is 18.1 Å². The van der Waals surface area contributed by atoms with E-state index in [1.54, 1.807) is 0 Å². The summed E-state index contributed by atoms with van der Waals surface area (Å²) in [5, 5.41) is 0. The molecule has 2 unspecified atom stereocenters. The summed E-state index contributed by atoms with van der Waals surface area (Å²) in [5.41, 5.74) is 0.439. The normalized spacial score (nSPS) is 29.2. The molecule has 0 aromatic carbocycles. The van der Waals surface area contributed by atoms with Crippen molar-refractivity contribution < 1.29 is 9.47 Å². The van der Waals surface area contributed by atoms with Crippen LogP contribution < -0.4 is 0 Å². The largest absolute Gasteiger partial charge is 0.378 e. The quantitative estimate of drug-likeness (QED) is 0.573. The zero-order valence-electron chi connectivity index (χ0n) is 10.9. The average Bonchev–Trinajstić information content (AvgIpc) is 2.14. The fraction of sp³-hybridized carbons (Fsp3) is 1.00. The molecule has 0 spiro atoms. The van der Waals surface area contributed by atoms with Crippen molar-refractivity contribution in [3.05, 3.63) is 0 Å². The molecule has 0 radical (unpaired) electrons. The molecule has 0 amide bonds. The smallest absolute Gasteiger partial charge is 0.0704 e. The van der Waals surface area contributed by atoms with Crippen molar-refractivity contribution in [2.45, 2.75) is 46.1 Å². The lowest BCUT2D eigenvalue weighted by atomic mass is 9.71. The number of rotatable bonds is 6. The summed E-state index contributed by atoms with van der Waals surface area (Å²) in [5.74, 6) is 1.57. The zero-order chi connectivity index (χ0) is 12.0. The van der Waals surface area contributed by atoms with Gasteiger partial charge in [-0.05, 0) is 30.6 Å². The summed E-state index contributed by atoms with van der Waals surface area (Å²) < 4.78 is 11.2. The van der Waals surface area contributed by atoms with Gasteiger partial charge in [-0.3, -0.25) is 0 Å². The van der Waals surface area contributed by atoms with Gasteiger partial charge in [-0.15, -0.1) is 0 Å². The van der Waals surface area contributed by atoms with Crippen LogP contribution in [0.5, 0.6) is 0 Å². The predicted octanol–water partition coefficient (Wildman–Crippen LogP) is 3.16. The Morgan fingerprint density at radius 2 is 1.94 bits per heavy atom. The molecule has 1 saturated carbocycles. The van der Waals surface area contributed by atoms with Crippen LogP contribution in [0.1, 0.15) is 40.0 Å². The van der Waals surface area contributed by atoms with Crippen molar-refractivity contribution in [1.29, 1.82) is 0 Å². The van der Waals surface area contributed by atoms with E-state index in [2.05, 4.69) is 33.4 Å². The van der Waals surface area contributed by atoms with E-state index in [4.69, 9.17) is 9.47 Å². The summed E-state index contributed by atoms with van der Waals surface area (Å²) >= 11 is 4.09. The zero-order valence-corrected chi connectivity index (χ0v) is 11.8. The number of thiol groups is 1. The molecule has 16 heavy (non-hydrogen) atoms. The van der Waals surface area contributed by atoms with Crippen LogP contribution in [-0.4, -0.2) is 31.7 Å². The summed E-state index contributed by atoms with van der Waals surface area (Å²) in [7, 11) is 0. The van der Waals surface area contributed by atoms with Crippen LogP contribution in [0.4, 0.5) is 0 Å². The summed E-state index contributed by atoms with van der Waals surface area (Å²) in [6, 6.07) is 0. The highest BCUT2D eigenvalue weighted by atomic mass is 32.1. The van der Waals surface area contributed by atoms with Crippen LogP contribution in [-0.2, 0) is 9.47 Å². The molecule has 96 valence electrons. The molecular weight excluding hydrogens is 220 g/mol. The number of hydrogen-bond acceptors (Lipinski definition) is 3. The Bertz CT molecular complexity index is 194. The van der Waals surface area contributed by atoms with Gasteiger partial charge in [0.05, 0.1) is 25.9 Å². The van der Waals surface area contributed by atoms with Crippen molar-refractivity contribution in [2.24, 2.45) is 11.3 Å². The second-order valence-electron chi connectivity index (χ2n) is 5.74. The highest BCUT2D eigenvalue weighted by Crippen LogP contribution is 2.39. The molecule has 0 aromatic heterocycles. The minimum Gasteiger partial charge on any atom is -0.378 e. The molecule has 0 bridgehead atoms. The Morgan fingerprint density at radius 1 is 1.19 bits per heavy atom. The average molecular weight is 246 g/mol. The Kier molecular flexibility index (Phi) is 6.16. The molecule has 0 aromatic rings. The lowest BCUT2D eigenvalue weighted by Gasteiger charge is -2.38. The maximum atomic E-state index is 5.89. The summed E-state index contributed by atoms with van der Waals surface area (Å²) in [6.45, 7) is 9.16. The van der Waals surface area contributed by atoms with Gasteiger partial charge in [0.25, 0.3) is 0 Å². The first-order chi connectivity index (χ1) is 7.53. The second-order valence-corrected chi connectivity index (χ2v) is 6.19. The van der Waals surface area contributed by atoms with Gasteiger partial charge in [0.1, 0.15) is 0 Å². The molecule has 1 aliphatic rings. The third-order valence-corrected chi connectivity index (χ3v) is 3.35. The van der Waals surface area contributed by atoms with Crippen molar-refractivity contribution >= 4 is 12.6 Å². The van der Waals surface area contributed by atoms with Gasteiger partial charge in [0.15, 0.2) is 0 Å². The lowest BCUT2D eigenvalue weighted by molar-refractivity contribution is -0.0431. The van der Waals surface area contributed by atoms with E-state index in [0.717, 1.165) is 24.9 Å². The van der Waals surface area contributed by atoms with Crippen molar-refractivity contribution in [3.63, 3.8) is 0 Å². The van der Waals surface area contributed by atoms with Gasteiger partial charge in [-0.1, -0.05) is 20.8 Å². The number of ether oxygens (including phenoxy) is 2. The minimum atomic E-state index is 0.429. The van der Waals surface area contributed by atoms with E-state index >= 15 is 0 Å². The Balaban J connectivity index is 2.16. The van der Waals surface area contributed by atoms with Crippen LogP contribution in [0.3, 0.4) is 0 Å². The summed E-state index contributed by atoms with van der Waals surface area (Å²) in [4.78, 5) is 0. The van der Waals surface area contributed by atoms with E-state index in [9.17, 15) is 0 Å². The first-order valence-electron chi connectivity index (χ1n) is 6.34. The Hall–Kier alpha value is 0.270. The second kappa shape index (κ2) is 6.87.